The van der Waals surface area contributed by atoms with Gasteiger partial charge in [0.15, 0.2) is 0 Å². The van der Waals surface area contributed by atoms with Crippen LogP contribution in [-0.2, 0) is 6.42 Å². The van der Waals surface area contributed by atoms with E-state index >= 15 is 0 Å². The molecule has 0 amide bonds. The maximum absolute atomic E-state index is 12.9. The summed E-state index contributed by atoms with van der Waals surface area (Å²) in [6, 6.07) is 5.19. The number of nitriles is 1. The van der Waals surface area contributed by atoms with Gasteiger partial charge in [-0.25, -0.2) is 4.39 Å². The van der Waals surface area contributed by atoms with Gasteiger partial charge in [0.1, 0.15) is 5.82 Å². The summed E-state index contributed by atoms with van der Waals surface area (Å²) in [6.07, 6.45) is -0.289. The van der Waals surface area contributed by atoms with Gasteiger partial charge in [-0.15, -0.1) is 0 Å². The van der Waals surface area contributed by atoms with E-state index in [9.17, 15) is 14.5 Å². The van der Waals surface area contributed by atoms with Crippen LogP contribution >= 0.6 is 0 Å². The van der Waals surface area contributed by atoms with Gasteiger partial charge in [0.25, 0.3) is 5.69 Å². The lowest BCUT2D eigenvalue weighted by Crippen LogP contribution is -1.97. The van der Waals surface area contributed by atoms with Crippen molar-refractivity contribution in [2.75, 3.05) is 0 Å². The minimum atomic E-state index is -0.712. The minimum Gasteiger partial charge on any atom is -0.258 e. The highest BCUT2D eigenvalue weighted by Gasteiger charge is 2.16. The first kappa shape index (κ1) is 9.13. The highest BCUT2D eigenvalue weighted by Crippen LogP contribution is 2.21. The van der Waals surface area contributed by atoms with Crippen molar-refractivity contribution in [3.8, 4) is 6.07 Å². The number of nitro groups is 1. The fraction of sp³-hybridized carbons (Fsp3) is 0.125. The number of hydrogen-bond acceptors (Lipinski definition) is 3. The van der Waals surface area contributed by atoms with E-state index in [0.29, 0.717) is 0 Å². The van der Waals surface area contributed by atoms with Crippen molar-refractivity contribution in [3.05, 3.63) is 39.7 Å². The highest BCUT2D eigenvalue weighted by molar-refractivity contribution is 5.42. The SMILES string of the molecule is N#CCc1c(F)cccc1[N+](=O)[O-]. The first-order valence-electron chi connectivity index (χ1n) is 3.45. The fourth-order valence-electron chi connectivity index (χ4n) is 0.972. The largest absolute Gasteiger partial charge is 0.276 e. The predicted molar refractivity (Wildman–Crippen MR) is 42.4 cm³/mol. The lowest BCUT2D eigenvalue weighted by atomic mass is 10.1. The first-order chi connectivity index (χ1) is 6.16. The maximum atomic E-state index is 12.9. The smallest absolute Gasteiger partial charge is 0.258 e. The molecule has 0 heterocycles. The van der Waals surface area contributed by atoms with Crippen LogP contribution in [0.3, 0.4) is 0 Å². The van der Waals surface area contributed by atoms with Crippen molar-refractivity contribution in [3.63, 3.8) is 0 Å². The minimum absolute atomic E-state index is 0.157. The molecular weight excluding hydrogens is 175 g/mol. The lowest BCUT2D eigenvalue weighted by molar-refractivity contribution is -0.385. The molecule has 0 fully saturated rings. The third-order valence-corrected chi connectivity index (χ3v) is 1.55. The molecule has 0 unspecified atom stereocenters. The summed E-state index contributed by atoms with van der Waals surface area (Å²) in [5, 5.41) is 18.7. The number of nitro benzene ring substituents is 1. The van der Waals surface area contributed by atoms with E-state index in [1.165, 1.54) is 12.1 Å². The van der Waals surface area contributed by atoms with E-state index in [4.69, 9.17) is 5.26 Å². The van der Waals surface area contributed by atoms with Crippen molar-refractivity contribution < 1.29 is 9.31 Å². The molecule has 66 valence electrons. The van der Waals surface area contributed by atoms with Gasteiger partial charge < -0.3 is 0 Å². The molecule has 0 saturated carbocycles. The second-order valence-electron chi connectivity index (χ2n) is 2.33. The van der Waals surface area contributed by atoms with Crippen molar-refractivity contribution in [2.24, 2.45) is 0 Å². The second-order valence-corrected chi connectivity index (χ2v) is 2.33. The summed E-state index contributed by atoms with van der Waals surface area (Å²) in [6.45, 7) is 0. The normalized spacial score (nSPS) is 9.23. The van der Waals surface area contributed by atoms with Crippen molar-refractivity contribution in [1.82, 2.24) is 0 Å². The zero-order chi connectivity index (χ0) is 9.84. The van der Waals surface area contributed by atoms with E-state index in [-0.39, 0.29) is 17.7 Å². The fourth-order valence-corrected chi connectivity index (χ4v) is 0.972. The van der Waals surface area contributed by atoms with Gasteiger partial charge in [-0.3, -0.25) is 10.1 Å². The van der Waals surface area contributed by atoms with Gasteiger partial charge in [-0.05, 0) is 6.07 Å². The van der Waals surface area contributed by atoms with Crippen LogP contribution in [0.4, 0.5) is 10.1 Å². The third kappa shape index (κ3) is 1.79. The molecule has 1 aromatic carbocycles. The summed E-state index contributed by atoms with van der Waals surface area (Å²) in [4.78, 5) is 9.68. The predicted octanol–water partition coefficient (Wildman–Crippen LogP) is 1.80. The van der Waals surface area contributed by atoms with Gasteiger partial charge in [0.2, 0.25) is 0 Å². The van der Waals surface area contributed by atoms with Crippen LogP contribution in [0.15, 0.2) is 18.2 Å². The Labute approximate surface area is 73.4 Å². The zero-order valence-corrected chi connectivity index (χ0v) is 6.53. The third-order valence-electron chi connectivity index (χ3n) is 1.55. The summed E-state index contributed by atoms with van der Waals surface area (Å²) in [5.74, 6) is -0.712. The molecule has 0 radical (unpaired) electrons. The van der Waals surface area contributed by atoms with Crippen LogP contribution in [0.5, 0.6) is 0 Å². The molecule has 0 aliphatic rings. The Morgan fingerprint density at radius 1 is 1.62 bits per heavy atom. The Hall–Kier alpha value is -1.96. The number of benzene rings is 1. The lowest BCUT2D eigenvalue weighted by Gasteiger charge is -1.98. The van der Waals surface area contributed by atoms with Crippen molar-refractivity contribution in [2.45, 2.75) is 6.42 Å². The Bertz CT molecular complexity index is 384. The molecule has 13 heavy (non-hydrogen) atoms. The molecule has 4 nitrogen and oxygen atoms in total. The van der Waals surface area contributed by atoms with Crippen LogP contribution in [0, 0.1) is 27.3 Å². The Balaban J connectivity index is 3.27. The summed E-state index contributed by atoms with van der Waals surface area (Å²) < 4.78 is 12.9. The van der Waals surface area contributed by atoms with E-state index in [1.807, 2.05) is 0 Å². The molecular formula is C8H5FN2O2. The number of nitrogens with zero attached hydrogens (tertiary/aromatic N) is 2. The molecule has 0 saturated heterocycles. The van der Waals surface area contributed by atoms with E-state index in [0.717, 1.165) is 6.07 Å². The molecule has 1 aromatic rings. The van der Waals surface area contributed by atoms with E-state index in [2.05, 4.69) is 0 Å². The van der Waals surface area contributed by atoms with Gasteiger partial charge in [0, 0.05) is 6.07 Å². The van der Waals surface area contributed by atoms with Crippen LogP contribution in [0.25, 0.3) is 0 Å². The van der Waals surface area contributed by atoms with Crippen LogP contribution in [0.2, 0.25) is 0 Å². The van der Waals surface area contributed by atoms with Crippen LogP contribution in [0.1, 0.15) is 5.56 Å². The second kappa shape index (κ2) is 3.63. The topological polar surface area (TPSA) is 66.9 Å². The maximum Gasteiger partial charge on any atom is 0.276 e. The molecule has 0 aromatic heterocycles. The van der Waals surface area contributed by atoms with Crippen LogP contribution in [-0.4, -0.2) is 4.92 Å². The van der Waals surface area contributed by atoms with Gasteiger partial charge >= 0.3 is 0 Å². The van der Waals surface area contributed by atoms with Gasteiger partial charge in [0.05, 0.1) is 23.0 Å². The van der Waals surface area contributed by atoms with Crippen LogP contribution < -0.4 is 0 Å². The van der Waals surface area contributed by atoms with Gasteiger partial charge in [-0.2, -0.15) is 5.26 Å². The molecule has 0 aliphatic carbocycles. The monoisotopic (exact) mass is 180 g/mol. The standard InChI is InChI=1S/C8H5FN2O2/c9-7-2-1-3-8(11(12)13)6(7)4-5-10/h1-3H,4H2. The van der Waals surface area contributed by atoms with E-state index < -0.39 is 10.7 Å². The van der Waals surface area contributed by atoms with Crippen molar-refractivity contribution in [1.29, 1.82) is 5.26 Å². The summed E-state index contributed by atoms with van der Waals surface area (Å²) in [7, 11) is 0. The molecule has 0 spiro atoms. The number of hydrogen-bond donors (Lipinski definition) is 0. The van der Waals surface area contributed by atoms with Crippen molar-refractivity contribution >= 4 is 5.69 Å². The average Bonchev–Trinajstić information content (AvgIpc) is 2.08. The van der Waals surface area contributed by atoms with E-state index in [1.54, 1.807) is 6.07 Å². The quantitative estimate of drug-likeness (QED) is 0.514. The molecule has 0 aliphatic heterocycles. The number of halogens is 1. The molecule has 1 rings (SSSR count). The molecule has 0 N–H and O–H groups in total. The Morgan fingerprint density at radius 2 is 2.31 bits per heavy atom. The van der Waals surface area contributed by atoms with Gasteiger partial charge in [-0.1, -0.05) is 6.07 Å². The average molecular weight is 180 g/mol. The summed E-state index contributed by atoms with van der Waals surface area (Å²) in [5.41, 5.74) is -0.503. The Morgan fingerprint density at radius 3 is 2.85 bits per heavy atom. The first-order valence-corrected chi connectivity index (χ1v) is 3.45. The molecule has 0 bridgehead atoms. The summed E-state index contributed by atoms with van der Waals surface area (Å²) >= 11 is 0. The molecule has 0 atom stereocenters. The molecule has 5 heteroatoms. The Kier molecular flexibility index (Phi) is 2.55. The zero-order valence-electron chi connectivity index (χ0n) is 6.53. The number of rotatable bonds is 2. The highest BCUT2D eigenvalue weighted by atomic mass is 19.1.